The predicted octanol–water partition coefficient (Wildman–Crippen LogP) is 7.86. The highest BCUT2D eigenvalue weighted by atomic mass is 32.2. The number of rotatable bonds is 3. The third-order valence-corrected chi connectivity index (χ3v) is 7.83. The molecule has 1 atom stereocenters. The van der Waals surface area contributed by atoms with Gasteiger partial charge in [0.15, 0.2) is 19.9 Å². The monoisotopic (exact) mass is 465 g/mol. The van der Waals surface area contributed by atoms with Crippen LogP contribution in [0.15, 0.2) is 97.1 Å². The van der Waals surface area contributed by atoms with E-state index in [2.05, 4.69) is 54.3 Å². The Morgan fingerprint density at radius 2 is 1.56 bits per heavy atom. The lowest BCUT2D eigenvalue weighted by atomic mass is 10.1. The molecule has 4 heteroatoms. The van der Waals surface area contributed by atoms with Gasteiger partial charge >= 0.3 is 5.97 Å². The molecule has 0 aliphatic carbocycles. The number of hydrogen-bond donors (Lipinski definition) is 0. The van der Waals surface area contributed by atoms with Crippen molar-refractivity contribution >= 4 is 36.6 Å². The van der Waals surface area contributed by atoms with Crippen LogP contribution in [-0.4, -0.2) is 11.6 Å². The minimum Gasteiger partial charge on any atom is -0.443 e. The molecule has 0 amide bonds. The summed E-state index contributed by atoms with van der Waals surface area (Å²) in [7, 11) is -0.212. The van der Waals surface area contributed by atoms with Gasteiger partial charge < -0.3 is 4.74 Å². The molecule has 0 fully saturated rings. The summed E-state index contributed by atoms with van der Waals surface area (Å²) in [4.78, 5) is 14.3. The van der Waals surface area contributed by atoms with E-state index in [1.54, 1.807) is 26.0 Å². The highest BCUT2D eigenvalue weighted by Gasteiger charge is 2.26. The molecule has 0 spiro atoms. The topological polar surface area (TPSA) is 26.3 Å². The molecule has 1 unspecified atom stereocenters. The van der Waals surface area contributed by atoms with Crippen molar-refractivity contribution in [2.45, 2.75) is 19.4 Å². The molecule has 34 heavy (non-hydrogen) atoms. The molecule has 0 aliphatic rings. The van der Waals surface area contributed by atoms with E-state index in [-0.39, 0.29) is 16.3 Å². The largest absolute Gasteiger partial charge is 0.443 e. The summed E-state index contributed by atoms with van der Waals surface area (Å²) < 4.78 is 21.6. The van der Waals surface area contributed by atoms with E-state index in [4.69, 9.17) is 4.74 Å². The van der Waals surface area contributed by atoms with Crippen LogP contribution < -0.4 is 0 Å². The van der Waals surface area contributed by atoms with Crippen LogP contribution in [-0.2, 0) is 4.74 Å². The molecule has 5 aromatic rings. The lowest BCUT2D eigenvalue weighted by Crippen LogP contribution is -2.26. The number of carbonyl (C=O) groups is 1. The first kappa shape index (κ1) is 21.9. The zero-order valence-electron chi connectivity index (χ0n) is 18.8. The summed E-state index contributed by atoms with van der Waals surface area (Å²) in [5.74, 6) is 5.04. The molecule has 0 N–H and O–H groups in total. The fraction of sp³-hybridized carbons (Fsp3) is 0.100. The molecule has 0 saturated carbocycles. The van der Waals surface area contributed by atoms with E-state index in [1.807, 2.05) is 30.3 Å². The Hall–Kier alpha value is -3.94. The third-order valence-electron chi connectivity index (χ3n) is 5.49. The average Bonchev–Trinajstić information content (AvgIpc) is 3.17. The first-order valence-electron chi connectivity index (χ1n) is 11.0. The number of carbonyl (C=O) groups excluding carboxylic acids is 1. The number of benzene rings is 4. The number of thiophene rings is 1. The molecule has 0 aliphatic heterocycles. The van der Waals surface area contributed by atoms with Crippen molar-refractivity contribution in [3.05, 3.63) is 114 Å². The van der Waals surface area contributed by atoms with Gasteiger partial charge in [-0.15, -0.1) is 0 Å². The van der Waals surface area contributed by atoms with Crippen LogP contribution in [0.4, 0.5) is 4.39 Å². The highest BCUT2D eigenvalue weighted by molar-refractivity contribution is 7.50. The maximum absolute atomic E-state index is 13.4. The molecule has 0 saturated heterocycles. The fourth-order valence-corrected chi connectivity index (χ4v) is 6.33. The summed E-state index contributed by atoms with van der Waals surface area (Å²) in [6, 6.07) is 30.6. The molecule has 0 radical (unpaired) electrons. The van der Waals surface area contributed by atoms with Crippen molar-refractivity contribution in [1.82, 2.24) is 0 Å². The smallest absolute Gasteiger partial charge is 0.339 e. The summed E-state index contributed by atoms with van der Waals surface area (Å²) in [6.45, 7) is 3.46. The third kappa shape index (κ3) is 4.31. The zero-order chi connectivity index (χ0) is 23.7. The van der Waals surface area contributed by atoms with Gasteiger partial charge in [0, 0.05) is 26.8 Å². The van der Waals surface area contributed by atoms with Crippen LogP contribution in [0.1, 0.15) is 29.8 Å². The molecule has 1 heterocycles. The van der Waals surface area contributed by atoms with Gasteiger partial charge in [0.2, 0.25) is 0 Å². The minimum absolute atomic E-state index is 0.212. The van der Waals surface area contributed by atoms with E-state index in [9.17, 15) is 9.18 Å². The van der Waals surface area contributed by atoms with E-state index >= 15 is 0 Å². The van der Waals surface area contributed by atoms with Gasteiger partial charge in [-0.1, -0.05) is 48.2 Å². The van der Waals surface area contributed by atoms with Gasteiger partial charge in [0.1, 0.15) is 5.82 Å². The van der Waals surface area contributed by atoms with Crippen LogP contribution in [0.5, 0.6) is 0 Å². The van der Waals surface area contributed by atoms with Gasteiger partial charge in [0.05, 0.1) is 5.56 Å². The quantitative estimate of drug-likeness (QED) is 0.154. The van der Waals surface area contributed by atoms with Crippen molar-refractivity contribution in [2.24, 2.45) is 0 Å². The van der Waals surface area contributed by atoms with Crippen molar-refractivity contribution < 1.29 is 13.9 Å². The van der Waals surface area contributed by atoms with Gasteiger partial charge in [-0.25, -0.2) is 9.18 Å². The van der Waals surface area contributed by atoms with Crippen molar-refractivity contribution in [2.75, 3.05) is 0 Å². The maximum Gasteiger partial charge on any atom is 0.339 e. The normalized spacial score (nSPS) is 11.8. The average molecular weight is 466 g/mol. The molecule has 1 aromatic heterocycles. The highest BCUT2D eigenvalue weighted by Crippen LogP contribution is 2.48. The Kier molecular flexibility index (Phi) is 5.65. The van der Waals surface area contributed by atoms with Crippen molar-refractivity contribution in [3.63, 3.8) is 0 Å². The van der Waals surface area contributed by atoms with Crippen molar-refractivity contribution in [3.8, 4) is 16.7 Å². The van der Waals surface area contributed by atoms with Crippen LogP contribution in [0.2, 0.25) is 0 Å². The van der Waals surface area contributed by atoms with Gasteiger partial charge in [-0.3, -0.25) is 0 Å². The summed E-state index contributed by atoms with van der Waals surface area (Å²) >= 11 is 0. The standard InChI is InChI=1S/C30H22FO2S/c1-30(2,18-17-21-9-8-10-23(31)19-21)33-29(32)22-15-16-28-26(20-22)25-13-6-7-14-27(25)34(28)24-11-4-3-5-12-24/h3-16,19-20H,1-2H3/q+1. The molecule has 2 nitrogen and oxygen atoms in total. The number of ether oxygens (including phenoxy) is 1. The van der Waals surface area contributed by atoms with E-state index in [0.29, 0.717) is 11.1 Å². The molecular weight excluding hydrogens is 443 g/mol. The Balaban J connectivity index is 1.50. The molecule has 166 valence electrons. The SMILES string of the molecule is CC(C)(C#Cc1cccc(F)c1)OC(=O)c1ccc2c(c1)c1ccccc1[s+]2-c1ccccc1. The maximum atomic E-state index is 13.4. The number of esters is 1. The number of halogens is 1. The zero-order valence-corrected chi connectivity index (χ0v) is 19.7. The lowest BCUT2D eigenvalue weighted by Gasteiger charge is -2.18. The lowest BCUT2D eigenvalue weighted by molar-refractivity contribution is 0.0204. The molecular formula is C30H22FO2S+. The number of hydrogen-bond acceptors (Lipinski definition) is 2. The van der Waals surface area contributed by atoms with E-state index < -0.39 is 11.6 Å². The first-order valence-corrected chi connectivity index (χ1v) is 12.2. The first-order chi connectivity index (χ1) is 16.4. The summed E-state index contributed by atoms with van der Waals surface area (Å²) in [6.07, 6.45) is 0. The van der Waals surface area contributed by atoms with Crippen LogP contribution >= 0.6 is 10.5 Å². The second-order valence-electron chi connectivity index (χ2n) is 8.49. The summed E-state index contributed by atoms with van der Waals surface area (Å²) in [5.41, 5.74) is -0.0202. The molecule has 5 rings (SSSR count). The second-order valence-corrected chi connectivity index (χ2v) is 10.4. The molecule has 4 aromatic carbocycles. The van der Waals surface area contributed by atoms with Gasteiger partial charge in [0.25, 0.3) is 0 Å². The van der Waals surface area contributed by atoms with E-state index in [0.717, 1.165) is 10.8 Å². The Labute approximate surface area is 200 Å². The molecule has 0 bridgehead atoms. The van der Waals surface area contributed by atoms with Crippen LogP contribution in [0.3, 0.4) is 0 Å². The summed E-state index contributed by atoms with van der Waals surface area (Å²) in [5, 5.41) is 2.20. The second kappa shape index (κ2) is 8.78. The Morgan fingerprint density at radius 1 is 0.824 bits per heavy atom. The Bertz CT molecular complexity index is 1590. The van der Waals surface area contributed by atoms with Crippen LogP contribution in [0, 0.1) is 17.7 Å². The predicted molar refractivity (Wildman–Crippen MR) is 138 cm³/mol. The minimum atomic E-state index is -1.03. The fourth-order valence-electron chi connectivity index (χ4n) is 3.95. The van der Waals surface area contributed by atoms with Crippen molar-refractivity contribution in [1.29, 1.82) is 0 Å². The Morgan fingerprint density at radius 3 is 2.35 bits per heavy atom. The van der Waals surface area contributed by atoms with Gasteiger partial charge in [-0.05, 0) is 74.5 Å². The van der Waals surface area contributed by atoms with Gasteiger partial charge in [-0.2, -0.15) is 0 Å². The number of fused-ring (bicyclic) bond motifs is 3. The van der Waals surface area contributed by atoms with E-state index in [1.165, 1.54) is 26.4 Å². The van der Waals surface area contributed by atoms with Crippen LogP contribution in [0.25, 0.3) is 25.1 Å².